The average molecular weight is 467 g/mol. The zero-order chi connectivity index (χ0) is 20.9. The SMILES string of the molecule is CC(C)(C)OC(=O)N[C@H]1CCCN(CCOc2cc(C(F)(F)F)ccc2Br)C1. The van der Waals surface area contributed by atoms with Gasteiger partial charge < -0.3 is 14.8 Å². The smallest absolute Gasteiger partial charge is 0.416 e. The molecule has 1 heterocycles. The lowest BCUT2D eigenvalue weighted by molar-refractivity contribution is -0.137. The largest absolute Gasteiger partial charge is 0.491 e. The number of carbonyl (C=O) groups excluding carboxylic acids is 1. The van der Waals surface area contributed by atoms with Crippen LogP contribution in [0, 0.1) is 0 Å². The molecule has 1 aliphatic heterocycles. The van der Waals surface area contributed by atoms with Crippen molar-refractivity contribution in [1.29, 1.82) is 0 Å². The topological polar surface area (TPSA) is 50.8 Å². The van der Waals surface area contributed by atoms with Gasteiger partial charge in [-0.25, -0.2) is 4.79 Å². The molecule has 158 valence electrons. The van der Waals surface area contributed by atoms with E-state index in [2.05, 4.69) is 26.1 Å². The Hall–Kier alpha value is -1.48. The van der Waals surface area contributed by atoms with Gasteiger partial charge in [0.25, 0.3) is 0 Å². The number of nitrogens with zero attached hydrogens (tertiary/aromatic N) is 1. The number of ether oxygens (including phenoxy) is 2. The Kier molecular flexibility index (Phi) is 7.61. The number of likely N-dealkylation sites (tertiary alicyclic amines) is 1. The average Bonchev–Trinajstić information content (AvgIpc) is 2.54. The van der Waals surface area contributed by atoms with Crippen molar-refractivity contribution in [1.82, 2.24) is 10.2 Å². The summed E-state index contributed by atoms with van der Waals surface area (Å²) in [6.07, 6.45) is -3.08. The summed E-state index contributed by atoms with van der Waals surface area (Å²) in [6, 6.07) is 3.31. The van der Waals surface area contributed by atoms with E-state index in [4.69, 9.17) is 9.47 Å². The summed E-state index contributed by atoms with van der Waals surface area (Å²) in [4.78, 5) is 14.0. The maximum atomic E-state index is 12.8. The second-order valence-corrected chi connectivity index (χ2v) is 8.63. The van der Waals surface area contributed by atoms with Gasteiger partial charge in [0.15, 0.2) is 0 Å². The number of hydrogen-bond acceptors (Lipinski definition) is 4. The Labute approximate surface area is 171 Å². The number of halogens is 4. The fourth-order valence-electron chi connectivity index (χ4n) is 2.93. The number of piperidine rings is 1. The van der Waals surface area contributed by atoms with Crippen LogP contribution in [-0.4, -0.2) is 48.9 Å². The number of rotatable bonds is 5. The lowest BCUT2D eigenvalue weighted by Crippen LogP contribution is -2.49. The molecule has 0 radical (unpaired) electrons. The first-order valence-corrected chi connectivity index (χ1v) is 9.95. The van der Waals surface area contributed by atoms with Crippen molar-refractivity contribution in [2.24, 2.45) is 0 Å². The standard InChI is InChI=1S/C19H26BrF3N2O3/c1-18(2,3)28-17(26)24-14-5-4-8-25(12-14)9-10-27-16-11-13(19(21,22)23)6-7-15(16)20/h6-7,11,14H,4-5,8-10,12H2,1-3H3,(H,24,26)/t14-/m0/s1. The summed E-state index contributed by atoms with van der Waals surface area (Å²) < 4.78 is 49.8. The third-order valence-electron chi connectivity index (χ3n) is 4.15. The molecule has 1 fully saturated rings. The Bertz CT molecular complexity index is 677. The Morgan fingerprint density at radius 3 is 2.68 bits per heavy atom. The summed E-state index contributed by atoms with van der Waals surface area (Å²) >= 11 is 3.22. The van der Waals surface area contributed by atoms with Crippen molar-refractivity contribution in [2.75, 3.05) is 26.2 Å². The summed E-state index contributed by atoms with van der Waals surface area (Å²) in [5.41, 5.74) is -1.30. The first kappa shape index (κ1) is 22.8. The number of alkyl carbamates (subject to hydrolysis) is 1. The third kappa shape index (κ3) is 7.50. The van der Waals surface area contributed by atoms with Crippen LogP contribution in [0.2, 0.25) is 0 Å². The Balaban J connectivity index is 1.82. The molecule has 0 bridgehead atoms. The molecule has 1 aromatic carbocycles. The number of hydrogen-bond donors (Lipinski definition) is 1. The highest BCUT2D eigenvalue weighted by atomic mass is 79.9. The van der Waals surface area contributed by atoms with E-state index < -0.39 is 23.4 Å². The summed E-state index contributed by atoms with van der Waals surface area (Å²) in [5.74, 6) is 0.162. The van der Waals surface area contributed by atoms with Crippen LogP contribution in [0.4, 0.5) is 18.0 Å². The van der Waals surface area contributed by atoms with Gasteiger partial charge in [-0.3, -0.25) is 4.90 Å². The monoisotopic (exact) mass is 466 g/mol. The molecule has 1 atom stereocenters. The fourth-order valence-corrected chi connectivity index (χ4v) is 3.29. The molecule has 9 heteroatoms. The van der Waals surface area contributed by atoms with Crippen molar-refractivity contribution in [3.05, 3.63) is 28.2 Å². The zero-order valence-electron chi connectivity index (χ0n) is 16.2. The molecule has 1 N–H and O–H groups in total. The van der Waals surface area contributed by atoms with Crippen LogP contribution < -0.4 is 10.1 Å². The fraction of sp³-hybridized carbons (Fsp3) is 0.632. The molecule has 1 amide bonds. The van der Waals surface area contributed by atoms with Gasteiger partial charge in [-0.15, -0.1) is 0 Å². The van der Waals surface area contributed by atoms with Crippen molar-refractivity contribution in [2.45, 2.75) is 51.4 Å². The predicted octanol–water partition coefficient (Wildman–Crippen LogP) is 4.84. The summed E-state index contributed by atoms with van der Waals surface area (Å²) in [7, 11) is 0. The predicted molar refractivity (Wildman–Crippen MR) is 103 cm³/mol. The van der Waals surface area contributed by atoms with Crippen LogP contribution in [0.3, 0.4) is 0 Å². The summed E-state index contributed by atoms with van der Waals surface area (Å²) in [6.45, 7) is 7.72. The normalized spacial score (nSPS) is 18.6. The van der Waals surface area contributed by atoms with Crippen LogP contribution in [0.15, 0.2) is 22.7 Å². The van der Waals surface area contributed by atoms with Gasteiger partial charge in [0.05, 0.1) is 10.0 Å². The van der Waals surface area contributed by atoms with E-state index in [0.717, 1.165) is 31.5 Å². The van der Waals surface area contributed by atoms with Gasteiger partial charge in [0, 0.05) is 19.1 Å². The van der Waals surface area contributed by atoms with Gasteiger partial charge >= 0.3 is 12.3 Å². The molecule has 0 saturated carbocycles. The molecule has 0 spiro atoms. The van der Waals surface area contributed by atoms with Crippen LogP contribution in [0.25, 0.3) is 0 Å². The highest BCUT2D eigenvalue weighted by molar-refractivity contribution is 9.10. The Morgan fingerprint density at radius 2 is 2.04 bits per heavy atom. The highest BCUT2D eigenvalue weighted by Crippen LogP contribution is 2.35. The minimum Gasteiger partial charge on any atom is -0.491 e. The van der Waals surface area contributed by atoms with Crippen LogP contribution >= 0.6 is 15.9 Å². The van der Waals surface area contributed by atoms with Crippen molar-refractivity contribution in [3.63, 3.8) is 0 Å². The first-order chi connectivity index (χ1) is 12.9. The lowest BCUT2D eigenvalue weighted by Gasteiger charge is -2.33. The van der Waals surface area contributed by atoms with Crippen molar-refractivity contribution >= 4 is 22.0 Å². The maximum Gasteiger partial charge on any atom is 0.416 e. The first-order valence-electron chi connectivity index (χ1n) is 9.15. The zero-order valence-corrected chi connectivity index (χ0v) is 17.8. The Morgan fingerprint density at radius 1 is 1.32 bits per heavy atom. The second-order valence-electron chi connectivity index (χ2n) is 7.78. The second kappa shape index (κ2) is 9.35. The van der Waals surface area contributed by atoms with Gasteiger partial charge in [-0.2, -0.15) is 13.2 Å². The molecular formula is C19H26BrF3N2O3. The van der Waals surface area contributed by atoms with E-state index in [1.807, 2.05) is 20.8 Å². The van der Waals surface area contributed by atoms with E-state index >= 15 is 0 Å². The summed E-state index contributed by atoms with van der Waals surface area (Å²) in [5, 5.41) is 2.87. The number of benzene rings is 1. The third-order valence-corrected chi connectivity index (χ3v) is 4.81. The number of nitrogens with one attached hydrogen (secondary N) is 1. The van der Waals surface area contributed by atoms with Crippen molar-refractivity contribution < 1.29 is 27.4 Å². The quantitative estimate of drug-likeness (QED) is 0.674. The van der Waals surface area contributed by atoms with Gasteiger partial charge in [-0.05, 0) is 74.3 Å². The van der Waals surface area contributed by atoms with Crippen LogP contribution in [0.5, 0.6) is 5.75 Å². The van der Waals surface area contributed by atoms with Crippen LogP contribution in [-0.2, 0) is 10.9 Å². The van der Waals surface area contributed by atoms with E-state index in [9.17, 15) is 18.0 Å². The van der Waals surface area contributed by atoms with Gasteiger partial charge in [0.2, 0.25) is 0 Å². The van der Waals surface area contributed by atoms with E-state index in [0.29, 0.717) is 17.6 Å². The highest BCUT2D eigenvalue weighted by Gasteiger charge is 2.31. The van der Waals surface area contributed by atoms with Crippen LogP contribution in [0.1, 0.15) is 39.2 Å². The van der Waals surface area contributed by atoms with E-state index in [1.165, 1.54) is 6.07 Å². The van der Waals surface area contributed by atoms with Gasteiger partial charge in [0.1, 0.15) is 18.0 Å². The molecule has 1 aromatic rings. The molecule has 28 heavy (non-hydrogen) atoms. The number of amides is 1. The molecular weight excluding hydrogens is 441 g/mol. The maximum absolute atomic E-state index is 12.8. The molecule has 1 aliphatic rings. The molecule has 0 aromatic heterocycles. The lowest BCUT2D eigenvalue weighted by atomic mass is 10.1. The van der Waals surface area contributed by atoms with Gasteiger partial charge in [-0.1, -0.05) is 0 Å². The molecule has 0 aliphatic carbocycles. The molecule has 5 nitrogen and oxygen atoms in total. The minimum atomic E-state index is -4.41. The van der Waals surface area contributed by atoms with E-state index in [-0.39, 0.29) is 18.4 Å². The molecule has 1 saturated heterocycles. The van der Waals surface area contributed by atoms with Crippen molar-refractivity contribution in [3.8, 4) is 5.75 Å². The molecule has 2 rings (SSSR count). The number of carbonyl (C=O) groups is 1. The van der Waals surface area contributed by atoms with E-state index in [1.54, 1.807) is 0 Å². The minimum absolute atomic E-state index is 0.0242. The molecule has 0 unspecified atom stereocenters. The number of alkyl halides is 3.